The van der Waals surface area contributed by atoms with Crippen LogP contribution in [0.15, 0.2) is 28.1 Å². The van der Waals surface area contributed by atoms with E-state index in [-0.39, 0.29) is 5.91 Å². The molecule has 0 radical (unpaired) electrons. The van der Waals surface area contributed by atoms with E-state index in [0.29, 0.717) is 32.8 Å². The number of halogens is 2. The summed E-state index contributed by atoms with van der Waals surface area (Å²) in [6.07, 6.45) is 0. The van der Waals surface area contributed by atoms with E-state index in [2.05, 4.69) is 20.9 Å². The third-order valence-corrected chi connectivity index (χ3v) is 6.85. The van der Waals surface area contributed by atoms with Gasteiger partial charge < -0.3 is 9.64 Å². The molecule has 0 aliphatic heterocycles. The molecule has 1 aromatic carbocycles. The number of thiophene rings is 1. The molecule has 0 bridgehead atoms. The minimum Gasteiger partial charge on any atom is -0.494 e. The molecule has 2 heterocycles. The van der Waals surface area contributed by atoms with Gasteiger partial charge in [-0.05, 0) is 54.3 Å². The van der Waals surface area contributed by atoms with E-state index in [1.807, 2.05) is 31.1 Å². The Morgan fingerprint density at radius 3 is 2.62 bits per heavy atom. The lowest BCUT2D eigenvalue weighted by Gasteiger charge is -2.21. The fraction of sp³-hybridized carbons (Fsp3) is 0.294. The Bertz CT molecular complexity index is 941. The van der Waals surface area contributed by atoms with Crippen molar-refractivity contribution in [3.63, 3.8) is 0 Å². The number of aromatic nitrogens is 1. The molecule has 5 nitrogen and oxygen atoms in total. The number of anilines is 1. The van der Waals surface area contributed by atoms with Gasteiger partial charge >= 0.3 is 0 Å². The van der Waals surface area contributed by atoms with Crippen molar-refractivity contribution >= 4 is 71.5 Å². The van der Waals surface area contributed by atoms with Crippen LogP contribution in [0, 0.1) is 0 Å². The van der Waals surface area contributed by atoms with Crippen LogP contribution in [0.4, 0.5) is 5.13 Å². The molecule has 2 aromatic heterocycles. The Morgan fingerprint density at radius 2 is 2.00 bits per heavy atom. The number of hydrogen-bond acceptors (Lipinski definition) is 6. The van der Waals surface area contributed by atoms with Gasteiger partial charge in [0.15, 0.2) is 5.13 Å². The van der Waals surface area contributed by atoms with Crippen LogP contribution in [-0.4, -0.2) is 50.1 Å². The number of nitrogens with zero attached hydrogens (tertiary/aromatic N) is 3. The van der Waals surface area contributed by atoms with Gasteiger partial charge in [-0.1, -0.05) is 22.9 Å². The normalized spacial score (nSPS) is 11.3. The highest BCUT2D eigenvalue weighted by Gasteiger charge is 2.24. The quantitative estimate of drug-likeness (QED) is 0.505. The average molecular weight is 475 g/mol. The van der Waals surface area contributed by atoms with Crippen LogP contribution >= 0.6 is 50.2 Å². The molecule has 0 N–H and O–H groups in total. The lowest BCUT2D eigenvalue weighted by Crippen LogP contribution is -2.36. The van der Waals surface area contributed by atoms with E-state index in [9.17, 15) is 4.79 Å². The van der Waals surface area contributed by atoms with E-state index in [4.69, 9.17) is 16.3 Å². The second-order valence-corrected chi connectivity index (χ2v) is 9.64. The number of rotatable bonds is 6. The van der Waals surface area contributed by atoms with Crippen LogP contribution in [0.5, 0.6) is 5.75 Å². The first-order valence-corrected chi connectivity index (χ1v) is 10.6. The maximum atomic E-state index is 13.1. The Kier molecular flexibility index (Phi) is 6.19. The Morgan fingerprint density at radius 1 is 1.23 bits per heavy atom. The lowest BCUT2D eigenvalue weighted by molar-refractivity contribution is 0.0989. The van der Waals surface area contributed by atoms with Crippen LogP contribution in [0.1, 0.15) is 9.67 Å². The molecule has 0 unspecified atom stereocenters. The number of benzene rings is 1. The summed E-state index contributed by atoms with van der Waals surface area (Å²) >= 11 is 12.6. The summed E-state index contributed by atoms with van der Waals surface area (Å²) < 4.78 is 7.13. The summed E-state index contributed by atoms with van der Waals surface area (Å²) in [5.41, 5.74) is 0.676. The molecular weight excluding hydrogens is 458 g/mol. The minimum absolute atomic E-state index is 0.0725. The zero-order valence-electron chi connectivity index (χ0n) is 14.5. The molecule has 3 aromatic rings. The van der Waals surface area contributed by atoms with Gasteiger partial charge in [0.2, 0.25) is 0 Å². The molecule has 138 valence electrons. The predicted molar refractivity (Wildman–Crippen MR) is 113 cm³/mol. The van der Waals surface area contributed by atoms with Gasteiger partial charge in [0.1, 0.15) is 11.3 Å². The topological polar surface area (TPSA) is 45.7 Å². The van der Waals surface area contributed by atoms with Gasteiger partial charge in [-0.2, -0.15) is 0 Å². The third-order valence-electron chi connectivity index (χ3n) is 3.70. The van der Waals surface area contributed by atoms with Crippen molar-refractivity contribution in [2.75, 3.05) is 39.2 Å². The summed E-state index contributed by atoms with van der Waals surface area (Å²) in [5, 5.41) is 1.21. The van der Waals surface area contributed by atoms with Gasteiger partial charge in [0, 0.05) is 13.1 Å². The summed E-state index contributed by atoms with van der Waals surface area (Å²) in [6, 6.07) is 7.27. The van der Waals surface area contributed by atoms with E-state index >= 15 is 0 Å². The van der Waals surface area contributed by atoms with Crippen LogP contribution in [0.3, 0.4) is 0 Å². The monoisotopic (exact) mass is 473 g/mol. The lowest BCUT2D eigenvalue weighted by atomic mass is 10.3. The van der Waals surface area contributed by atoms with Gasteiger partial charge in [0.05, 0.1) is 25.5 Å². The largest absolute Gasteiger partial charge is 0.494 e. The first-order valence-electron chi connectivity index (χ1n) is 7.75. The van der Waals surface area contributed by atoms with Crippen LogP contribution in [-0.2, 0) is 0 Å². The number of fused-ring (bicyclic) bond motifs is 1. The highest BCUT2D eigenvalue weighted by atomic mass is 79.9. The van der Waals surface area contributed by atoms with Crippen LogP contribution in [0.2, 0.25) is 5.02 Å². The number of carbonyl (C=O) groups is 1. The van der Waals surface area contributed by atoms with Crippen molar-refractivity contribution in [1.82, 2.24) is 9.88 Å². The number of likely N-dealkylation sites (N-methyl/N-ethyl adjacent to an activating group) is 1. The Balaban J connectivity index is 2.05. The molecule has 0 fully saturated rings. The first-order chi connectivity index (χ1) is 12.4. The summed E-state index contributed by atoms with van der Waals surface area (Å²) in [5.74, 6) is 0.572. The van der Waals surface area contributed by atoms with Crippen molar-refractivity contribution < 1.29 is 9.53 Å². The molecule has 0 aliphatic carbocycles. The second-order valence-electron chi connectivity index (χ2n) is 5.79. The molecule has 1 amide bonds. The molecule has 0 atom stereocenters. The van der Waals surface area contributed by atoms with Crippen molar-refractivity contribution in [3.05, 3.63) is 38.0 Å². The smallest absolute Gasteiger partial charge is 0.270 e. The molecule has 0 aliphatic rings. The Hall–Kier alpha value is -1.19. The summed E-state index contributed by atoms with van der Waals surface area (Å²) in [4.78, 5) is 22.2. The highest BCUT2D eigenvalue weighted by Crippen LogP contribution is 2.39. The minimum atomic E-state index is -0.0725. The highest BCUT2D eigenvalue weighted by molar-refractivity contribution is 9.11. The number of methoxy groups -OCH3 is 1. The van der Waals surface area contributed by atoms with Gasteiger partial charge in [0.25, 0.3) is 5.91 Å². The molecule has 0 saturated carbocycles. The average Bonchev–Trinajstić information content (AvgIpc) is 3.22. The molecule has 0 saturated heterocycles. The molecule has 0 spiro atoms. The van der Waals surface area contributed by atoms with E-state index < -0.39 is 0 Å². The summed E-state index contributed by atoms with van der Waals surface area (Å²) in [7, 11) is 5.55. The molecular formula is C17H17BrClN3O2S2. The van der Waals surface area contributed by atoms with Crippen LogP contribution < -0.4 is 9.64 Å². The Labute approximate surface area is 173 Å². The molecule has 3 rings (SSSR count). The van der Waals surface area contributed by atoms with Gasteiger partial charge in [-0.3, -0.25) is 9.69 Å². The first kappa shape index (κ1) is 19.6. The number of thiazole rings is 1. The number of carbonyl (C=O) groups excluding carboxylic acids is 1. The van der Waals surface area contributed by atoms with Crippen molar-refractivity contribution in [2.24, 2.45) is 0 Å². The van der Waals surface area contributed by atoms with Gasteiger partial charge in [-0.25, -0.2) is 4.98 Å². The zero-order chi connectivity index (χ0) is 18.8. The fourth-order valence-electron chi connectivity index (χ4n) is 2.37. The second kappa shape index (κ2) is 8.22. The summed E-state index contributed by atoms with van der Waals surface area (Å²) in [6.45, 7) is 1.25. The van der Waals surface area contributed by atoms with E-state index in [1.165, 1.54) is 22.7 Å². The fourth-order valence-corrected chi connectivity index (χ4v) is 4.98. The SMILES string of the molecule is COc1ccc(Cl)c2sc(N(CCN(C)C)C(=O)c3ccc(Br)s3)nc12. The van der Waals surface area contributed by atoms with E-state index in [1.54, 1.807) is 24.1 Å². The van der Waals surface area contributed by atoms with E-state index in [0.717, 1.165) is 15.0 Å². The van der Waals surface area contributed by atoms with Crippen LogP contribution in [0.25, 0.3) is 10.2 Å². The van der Waals surface area contributed by atoms with Crippen molar-refractivity contribution in [2.45, 2.75) is 0 Å². The standard InChI is InChI=1S/C17H17BrClN3O2S2/c1-21(2)8-9-22(16(23)12-6-7-13(18)25-12)17-20-14-11(24-3)5-4-10(19)15(14)26-17/h4-7H,8-9H2,1-3H3. The molecule has 26 heavy (non-hydrogen) atoms. The number of hydrogen-bond donors (Lipinski definition) is 0. The third kappa shape index (κ3) is 4.04. The van der Waals surface area contributed by atoms with Gasteiger partial charge in [-0.15, -0.1) is 11.3 Å². The van der Waals surface area contributed by atoms with Crippen molar-refractivity contribution in [3.8, 4) is 5.75 Å². The van der Waals surface area contributed by atoms with Crippen molar-refractivity contribution in [1.29, 1.82) is 0 Å². The number of ether oxygens (including phenoxy) is 1. The maximum absolute atomic E-state index is 13.1. The predicted octanol–water partition coefficient (Wildman–Crippen LogP) is 4.99. The maximum Gasteiger partial charge on any atom is 0.270 e. The molecule has 9 heteroatoms. The zero-order valence-corrected chi connectivity index (χ0v) is 18.4. The number of amides is 1.